The van der Waals surface area contributed by atoms with Crippen LogP contribution in [0.3, 0.4) is 0 Å². The van der Waals surface area contributed by atoms with E-state index < -0.39 is 0 Å². The third-order valence-electron chi connectivity index (χ3n) is 4.11. The number of nitrogens with one attached hydrogen (secondary N) is 2. The Bertz CT molecular complexity index is 876. The van der Waals surface area contributed by atoms with Crippen LogP contribution in [0.2, 0.25) is 0 Å². The average Bonchev–Trinajstić information content (AvgIpc) is 2.68. The molecule has 0 radical (unpaired) electrons. The Balaban J connectivity index is 1.58. The van der Waals surface area contributed by atoms with Crippen LogP contribution in [0.4, 0.5) is 5.69 Å². The Kier molecular flexibility index (Phi) is 6.90. The Morgan fingerprint density at radius 1 is 1.18 bits per heavy atom. The molecule has 5 nitrogen and oxygen atoms in total. The highest BCUT2D eigenvalue weighted by molar-refractivity contribution is 8.04. The van der Waals surface area contributed by atoms with E-state index in [0.29, 0.717) is 23.6 Å². The number of hydrogen-bond acceptors (Lipinski definition) is 4. The molecule has 0 atom stereocenters. The van der Waals surface area contributed by atoms with Crippen LogP contribution in [0, 0.1) is 0 Å². The average molecular weight is 397 g/mol. The van der Waals surface area contributed by atoms with Crippen LogP contribution < -0.4 is 10.6 Å². The molecule has 0 aromatic heterocycles. The summed E-state index contributed by atoms with van der Waals surface area (Å²) < 4.78 is 5.46. The summed E-state index contributed by atoms with van der Waals surface area (Å²) in [6, 6.07) is 14.9. The fraction of sp³-hybridized carbons (Fsp3) is 0.273. The number of fused-ring (bicyclic) bond motifs is 1. The largest absolute Gasteiger partial charge is 0.379 e. The number of carbonyl (C=O) groups excluding carboxylic acids is 2. The quantitative estimate of drug-likeness (QED) is 0.540. The lowest BCUT2D eigenvalue weighted by Gasteiger charge is -2.18. The SMILES string of the molecule is CC(C)OCCCNC(=O)c1ccc(C=C2Sc3ccccc3NC2=O)cc1. The molecule has 0 unspecified atom stereocenters. The second-order valence-electron chi connectivity index (χ2n) is 6.71. The molecule has 0 aliphatic carbocycles. The van der Waals surface area contributed by atoms with Gasteiger partial charge in [0.2, 0.25) is 0 Å². The summed E-state index contributed by atoms with van der Waals surface area (Å²) in [7, 11) is 0. The highest BCUT2D eigenvalue weighted by atomic mass is 32.2. The van der Waals surface area contributed by atoms with Gasteiger partial charge in [-0.15, -0.1) is 0 Å². The van der Waals surface area contributed by atoms with E-state index >= 15 is 0 Å². The van der Waals surface area contributed by atoms with E-state index in [9.17, 15) is 9.59 Å². The molecule has 3 rings (SSSR count). The summed E-state index contributed by atoms with van der Waals surface area (Å²) in [6.07, 6.45) is 2.82. The van der Waals surface area contributed by atoms with Crippen LogP contribution in [-0.4, -0.2) is 31.1 Å². The number of hydrogen-bond donors (Lipinski definition) is 2. The van der Waals surface area contributed by atoms with Crippen LogP contribution in [0.5, 0.6) is 0 Å². The molecule has 1 aliphatic rings. The number of rotatable bonds is 7. The molecule has 146 valence electrons. The van der Waals surface area contributed by atoms with Gasteiger partial charge in [-0.2, -0.15) is 0 Å². The van der Waals surface area contributed by atoms with Gasteiger partial charge in [-0.1, -0.05) is 36.0 Å². The number of para-hydroxylation sites is 1. The van der Waals surface area contributed by atoms with E-state index in [0.717, 1.165) is 22.6 Å². The number of amides is 2. The second-order valence-corrected chi connectivity index (χ2v) is 7.80. The molecule has 2 aromatic carbocycles. The van der Waals surface area contributed by atoms with Crippen molar-refractivity contribution in [1.29, 1.82) is 0 Å². The first-order chi connectivity index (χ1) is 13.5. The highest BCUT2D eigenvalue weighted by Gasteiger charge is 2.20. The summed E-state index contributed by atoms with van der Waals surface area (Å²) >= 11 is 1.45. The highest BCUT2D eigenvalue weighted by Crippen LogP contribution is 2.38. The van der Waals surface area contributed by atoms with Crippen LogP contribution in [-0.2, 0) is 9.53 Å². The molecule has 0 saturated carbocycles. The number of benzene rings is 2. The standard InChI is InChI=1S/C22H24N2O3S/c1-15(2)27-13-5-12-23-21(25)17-10-8-16(9-11-17)14-20-22(26)24-18-6-3-4-7-19(18)28-20/h3-4,6-11,14-15H,5,12-13H2,1-2H3,(H,23,25)(H,24,26). The van der Waals surface area contributed by atoms with Crippen molar-refractivity contribution in [3.63, 3.8) is 0 Å². The summed E-state index contributed by atoms with van der Waals surface area (Å²) in [6.45, 7) is 5.19. The van der Waals surface area contributed by atoms with Crippen molar-refractivity contribution in [3.05, 3.63) is 64.6 Å². The molecule has 0 saturated heterocycles. The fourth-order valence-electron chi connectivity index (χ4n) is 2.68. The predicted octanol–water partition coefficient (Wildman–Crippen LogP) is 4.32. The maximum Gasteiger partial charge on any atom is 0.262 e. The van der Waals surface area contributed by atoms with Gasteiger partial charge < -0.3 is 15.4 Å². The lowest BCUT2D eigenvalue weighted by molar-refractivity contribution is -0.112. The first-order valence-corrected chi connectivity index (χ1v) is 10.1. The van der Waals surface area contributed by atoms with Crippen molar-refractivity contribution in [3.8, 4) is 0 Å². The summed E-state index contributed by atoms with van der Waals surface area (Å²) in [5, 5.41) is 5.79. The van der Waals surface area contributed by atoms with Crippen molar-refractivity contribution < 1.29 is 14.3 Å². The van der Waals surface area contributed by atoms with E-state index in [4.69, 9.17) is 4.74 Å². The third kappa shape index (κ3) is 5.47. The van der Waals surface area contributed by atoms with Gasteiger partial charge in [-0.3, -0.25) is 9.59 Å². The Hall–Kier alpha value is -2.57. The molecular weight excluding hydrogens is 372 g/mol. The third-order valence-corrected chi connectivity index (χ3v) is 5.21. The van der Waals surface area contributed by atoms with Crippen molar-refractivity contribution in [2.24, 2.45) is 0 Å². The van der Waals surface area contributed by atoms with Gasteiger partial charge in [0.15, 0.2) is 0 Å². The van der Waals surface area contributed by atoms with E-state index in [-0.39, 0.29) is 17.9 Å². The topological polar surface area (TPSA) is 67.4 Å². The lowest BCUT2D eigenvalue weighted by atomic mass is 10.1. The summed E-state index contributed by atoms with van der Waals surface area (Å²) in [5.74, 6) is -0.225. The zero-order valence-corrected chi connectivity index (χ0v) is 16.8. The maximum absolute atomic E-state index is 12.3. The lowest BCUT2D eigenvalue weighted by Crippen LogP contribution is -2.25. The molecule has 2 N–H and O–H groups in total. The van der Waals surface area contributed by atoms with Crippen LogP contribution in [0.1, 0.15) is 36.2 Å². The number of thioether (sulfide) groups is 1. The first kappa shape index (κ1) is 20.2. The molecule has 2 amide bonds. The van der Waals surface area contributed by atoms with Gasteiger partial charge in [0.25, 0.3) is 11.8 Å². The van der Waals surface area contributed by atoms with Crippen molar-refractivity contribution >= 4 is 35.3 Å². The minimum absolute atomic E-state index is 0.109. The van der Waals surface area contributed by atoms with Crippen LogP contribution >= 0.6 is 11.8 Å². The Labute approximate surface area is 169 Å². The van der Waals surface area contributed by atoms with Crippen molar-refractivity contribution in [2.75, 3.05) is 18.5 Å². The van der Waals surface area contributed by atoms with Gasteiger partial charge in [0, 0.05) is 23.6 Å². The normalized spacial score (nSPS) is 14.7. The van der Waals surface area contributed by atoms with E-state index in [1.54, 1.807) is 12.1 Å². The molecule has 1 aliphatic heterocycles. The predicted molar refractivity (Wildman–Crippen MR) is 113 cm³/mol. The molecule has 0 spiro atoms. The maximum atomic E-state index is 12.3. The van der Waals surface area contributed by atoms with Gasteiger partial charge in [0.1, 0.15) is 0 Å². The molecule has 2 aromatic rings. The van der Waals surface area contributed by atoms with E-state index in [1.807, 2.05) is 56.3 Å². The van der Waals surface area contributed by atoms with Gasteiger partial charge in [-0.05, 0) is 56.2 Å². The fourth-order valence-corrected chi connectivity index (χ4v) is 3.63. The van der Waals surface area contributed by atoms with Gasteiger partial charge in [-0.25, -0.2) is 0 Å². The first-order valence-electron chi connectivity index (χ1n) is 9.33. The molecule has 0 bridgehead atoms. The molecule has 28 heavy (non-hydrogen) atoms. The molecule has 1 heterocycles. The van der Waals surface area contributed by atoms with E-state index in [1.165, 1.54) is 11.8 Å². The summed E-state index contributed by atoms with van der Waals surface area (Å²) in [5.41, 5.74) is 2.30. The van der Waals surface area contributed by atoms with Gasteiger partial charge >= 0.3 is 0 Å². The minimum atomic E-state index is -0.117. The monoisotopic (exact) mass is 396 g/mol. The molecular formula is C22H24N2O3S. The van der Waals surface area contributed by atoms with Gasteiger partial charge in [0.05, 0.1) is 16.7 Å². The number of ether oxygens (including phenoxy) is 1. The van der Waals surface area contributed by atoms with E-state index in [2.05, 4.69) is 10.6 Å². The number of carbonyl (C=O) groups is 2. The molecule has 6 heteroatoms. The second kappa shape index (κ2) is 9.57. The summed E-state index contributed by atoms with van der Waals surface area (Å²) in [4.78, 5) is 26.1. The van der Waals surface area contributed by atoms with Crippen LogP contribution in [0.25, 0.3) is 6.08 Å². The zero-order chi connectivity index (χ0) is 19.9. The molecule has 0 fully saturated rings. The Morgan fingerprint density at radius 2 is 1.93 bits per heavy atom. The minimum Gasteiger partial charge on any atom is -0.379 e. The zero-order valence-electron chi connectivity index (χ0n) is 16.0. The van der Waals surface area contributed by atoms with Crippen molar-refractivity contribution in [1.82, 2.24) is 5.32 Å². The van der Waals surface area contributed by atoms with Crippen molar-refractivity contribution in [2.45, 2.75) is 31.3 Å². The van der Waals surface area contributed by atoms with Crippen LogP contribution in [0.15, 0.2) is 58.3 Å². The number of anilines is 1. The Morgan fingerprint density at radius 3 is 2.68 bits per heavy atom. The smallest absolute Gasteiger partial charge is 0.262 e.